The van der Waals surface area contributed by atoms with Crippen LogP contribution in [0, 0.1) is 12.3 Å². The van der Waals surface area contributed by atoms with Crippen LogP contribution in [0.5, 0.6) is 0 Å². The Morgan fingerprint density at radius 1 is 1.47 bits per heavy atom. The molecule has 0 aromatic carbocycles. The first-order valence-electron chi connectivity index (χ1n) is 6.43. The third-order valence-corrected chi connectivity index (χ3v) is 3.67. The molecule has 0 radical (unpaired) electrons. The van der Waals surface area contributed by atoms with E-state index in [0.717, 1.165) is 18.9 Å². The van der Waals surface area contributed by atoms with Crippen molar-refractivity contribution in [3.63, 3.8) is 0 Å². The Morgan fingerprint density at radius 2 is 2.24 bits per heavy atom. The molecule has 2 rings (SSSR count). The summed E-state index contributed by atoms with van der Waals surface area (Å²) < 4.78 is 0. The molecule has 0 spiro atoms. The second-order valence-corrected chi connectivity index (χ2v) is 5.82. The predicted molar refractivity (Wildman–Crippen MR) is 72.1 cm³/mol. The normalized spacial score (nSPS) is 19.4. The number of hydrogen-bond donors (Lipinski definition) is 1. The Bertz CT molecular complexity index is 398. The third-order valence-electron chi connectivity index (χ3n) is 3.67. The molecule has 0 unspecified atom stereocenters. The van der Waals surface area contributed by atoms with E-state index in [1.807, 2.05) is 12.3 Å². The van der Waals surface area contributed by atoms with Crippen molar-refractivity contribution in [2.75, 3.05) is 18.0 Å². The second-order valence-electron chi connectivity index (χ2n) is 5.82. The Labute approximate surface area is 104 Å². The average molecular weight is 233 g/mol. The second kappa shape index (κ2) is 4.65. The van der Waals surface area contributed by atoms with Crippen LogP contribution in [0.15, 0.2) is 12.3 Å². The molecule has 0 atom stereocenters. The molecule has 0 saturated carbocycles. The molecule has 0 bridgehead atoms. The molecule has 3 nitrogen and oxygen atoms in total. The number of anilines is 1. The standard InChI is InChI=1S/C14H23N3/c1-11-5-7-16-13(12(11)9-15)17-8-4-6-14(2,3)10-17/h5,7H,4,6,8-10,15H2,1-3H3. The number of aromatic nitrogens is 1. The third kappa shape index (κ3) is 2.60. The molecule has 1 aromatic heterocycles. The van der Waals surface area contributed by atoms with Crippen molar-refractivity contribution >= 4 is 5.82 Å². The molecule has 2 heterocycles. The molecule has 17 heavy (non-hydrogen) atoms. The van der Waals surface area contributed by atoms with Gasteiger partial charge in [0.05, 0.1) is 0 Å². The minimum absolute atomic E-state index is 0.384. The van der Waals surface area contributed by atoms with Crippen LogP contribution in [0.3, 0.4) is 0 Å². The maximum Gasteiger partial charge on any atom is 0.133 e. The highest BCUT2D eigenvalue weighted by Crippen LogP contribution is 2.32. The lowest BCUT2D eigenvalue weighted by atomic mass is 9.84. The Kier molecular flexibility index (Phi) is 3.38. The van der Waals surface area contributed by atoms with Crippen molar-refractivity contribution < 1.29 is 0 Å². The quantitative estimate of drug-likeness (QED) is 0.853. The molecule has 1 aliphatic rings. The maximum atomic E-state index is 5.86. The van der Waals surface area contributed by atoms with Crippen LogP contribution in [0.4, 0.5) is 5.82 Å². The van der Waals surface area contributed by atoms with Crippen LogP contribution < -0.4 is 10.6 Å². The largest absolute Gasteiger partial charge is 0.356 e. The van der Waals surface area contributed by atoms with E-state index in [1.54, 1.807) is 0 Å². The minimum atomic E-state index is 0.384. The number of piperidine rings is 1. The zero-order chi connectivity index (χ0) is 12.5. The first-order valence-corrected chi connectivity index (χ1v) is 6.43. The number of pyridine rings is 1. The van der Waals surface area contributed by atoms with Gasteiger partial charge in [0.1, 0.15) is 5.82 Å². The van der Waals surface area contributed by atoms with Gasteiger partial charge in [-0.15, -0.1) is 0 Å². The Balaban J connectivity index is 2.30. The summed E-state index contributed by atoms with van der Waals surface area (Å²) in [4.78, 5) is 6.95. The lowest BCUT2D eigenvalue weighted by Gasteiger charge is -2.39. The lowest BCUT2D eigenvalue weighted by molar-refractivity contribution is 0.292. The minimum Gasteiger partial charge on any atom is -0.356 e. The van der Waals surface area contributed by atoms with Crippen LogP contribution in [-0.4, -0.2) is 18.1 Å². The van der Waals surface area contributed by atoms with Crippen LogP contribution in [0.2, 0.25) is 0 Å². The Hall–Kier alpha value is -1.09. The number of rotatable bonds is 2. The van der Waals surface area contributed by atoms with E-state index in [0.29, 0.717) is 12.0 Å². The number of nitrogens with zero attached hydrogens (tertiary/aromatic N) is 2. The van der Waals surface area contributed by atoms with Crippen molar-refractivity contribution in [2.45, 2.75) is 40.2 Å². The lowest BCUT2D eigenvalue weighted by Crippen LogP contribution is -2.41. The smallest absolute Gasteiger partial charge is 0.133 e. The van der Waals surface area contributed by atoms with Crippen LogP contribution >= 0.6 is 0 Å². The molecular weight excluding hydrogens is 210 g/mol. The van der Waals surface area contributed by atoms with Gasteiger partial charge >= 0.3 is 0 Å². The summed E-state index contributed by atoms with van der Waals surface area (Å²) in [6, 6.07) is 2.04. The van der Waals surface area contributed by atoms with E-state index < -0.39 is 0 Å². The molecule has 94 valence electrons. The average Bonchev–Trinajstić information content (AvgIpc) is 2.27. The van der Waals surface area contributed by atoms with Gasteiger partial charge in [-0.05, 0) is 36.8 Å². The topological polar surface area (TPSA) is 42.2 Å². The summed E-state index contributed by atoms with van der Waals surface area (Å²) in [5.41, 5.74) is 8.69. The summed E-state index contributed by atoms with van der Waals surface area (Å²) in [7, 11) is 0. The fraction of sp³-hybridized carbons (Fsp3) is 0.643. The van der Waals surface area contributed by atoms with Gasteiger partial charge in [0.2, 0.25) is 0 Å². The van der Waals surface area contributed by atoms with Crippen LogP contribution in [0.25, 0.3) is 0 Å². The predicted octanol–water partition coefficient (Wildman–Crippen LogP) is 2.48. The van der Waals surface area contributed by atoms with E-state index in [9.17, 15) is 0 Å². The molecule has 1 aromatic rings. The van der Waals surface area contributed by atoms with Gasteiger partial charge in [0, 0.05) is 31.4 Å². The number of hydrogen-bond acceptors (Lipinski definition) is 3. The molecule has 1 aliphatic heterocycles. The van der Waals surface area contributed by atoms with E-state index in [-0.39, 0.29) is 0 Å². The summed E-state index contributed by atoms with van der Waals surface area (Å²) in [5.74, 6) is 1.10. The molecule has 1 saturated heterocycles. The summed E-state index contributed by atoms with van der Waals surface area (Å²) >= 11 is 0. The highest BCUT2D eigenvalue weighted by Gasteiger charge is 2.28. The highest BCUT2D eigenvalue weighted by molar-refractivity contribution is 5.50. The van der Waals surface area contributed by atoms with Crippen LogP contribution in [0.1, 0.15) is 37.8 Å². The van der Waals surface area contributed by atoms with Crippen molar-refractivity contribution in [3.8, 4) is 0 Å². The zero-order valence-corrected chi connectivity index (χ0v) is 11.2. The van der Waals surface area contributed by atoms with E-state index in [4.69, 9.17) is 5.73 Å². The Morgan fingerprint density at radius 3 is 2.88 bits per heavy atom. The first-order chi connectivity index (χ1) is 8.03. The van der Waals surface area contributed by atoms with E-state index in [2.05, 4.69) is 30.7 Å². The number of nitrogens with two attached hydrogens (primary N) is 1. The maximum absolute atomic E-state index is 5.86. The van der Waals surface area contributed by atoms with Crippen molar-refractivity contribution in [2.24, 2.45) is 11.1 Å². The monoisotopic (exact) mass is 233 g/mol. The van der Waals surface area contributed by atoms with Gasteiger partial charge in [-0.2, -0.15) is 0 Å². The molecule has 2 N–H and O–H groups in total. The van der Waals surface area contributed by atoms with Gasteiger partial charge in [-0.1, -0.05) is 13.8 Å². The number of aryl methyl sites for hydroxylation is 1. The van der Waals surface area contributed by atoms with Crippen molar-refractivity contribution in [1.29, 1.82) is 0 Å². The summed E-state index contributed by atoms with van der Waals surface area (Å²) in [5, 5.41) is 0. The highest BCUT2D eigenvalue weighted by atomic mass is 15.2. The van der Waals surface area contributed by atoms with Crippen molar-refractivity contribution in [3.05, 3.63) is 23.4 Å². The first kappa shape index (κ1) is 12.4. The molecular formula is C14H23N3. The SMILES string of the molecule is Cc1ccnc(N2CCCC(C)(C)C2)c1CN. The molecule has 0 amide bonds. The van der Waals surface area contributed by atoms with Gasteiger partial charge in [-0.3, -0.25) is 0 Å². The summed E-state index contributed by atoms with van der Waals surface area (Å²) in [6.45, 7) is 9.53. The molecule has 1 fully saturated rings. The van der Waals surface area contributed by atoms with E-state index >= 15 is 0 Å². The van der Waals surface area contributed by atoms with E-state index in [1.165, 1.54) is 24.0 Å². The fourth-order valence-corrected chi connectivity index (χ4v) is 2.70. The fourth-order valence-electron chi connectivity index (χ4n) is 2.70. The van der Waals surface area contributed by atoms with Gasteiger partial charge < -0.3 is 10.6 Å². The zero-order valence-electron chi connectivity index (χ0n) is 11.2. The molecule has 3 heteroatoms. The van der Waals surface area contributed by atoms with Gasteiger partial charge in [-0.25, -0.2) is 4.98 Å². The summed E-state index contributed by atoms with van der Waals surface area (Å²) in [6.07, 6.45) is 4.44. The van der Waals surface area contributed by atoms with Gasteiger partial charge in [0.15, 0.2) is 0 Å². The van der Waals surface area contributed by atoms with Crippen LogP contribution in [-0.2, 0) is 6.54 Å². The van der Waals surface area contributed by atoms with Crippen molar-refractivity contribution in [1.82, 2.24) is 4.98 Å². The van der Waals surface area contributed by atoms with Gasteiger partial charge in [0.25, 0.3) is 0 Å². The molecule has 0 aliphatic carbocycles.